The Balaban J connectivity index is 1.12. The van der Waals surface area contributed by atoms with Crippen molar-refractivity contribution < 1.29 is 14.4 Å². The van der Waals surface area contributed by atoms with Gasteiger partial charge in [-0.25, -0.2) is 0 Å². The second kappa shape index (κ2) is 12.4. The predicted molar refractivity (Wildman–Crippen MR) is 171 cm³/mol. The molecule has 5 aromatic rings. The van der Waals surface area contributed by atoms with Crippen LogP contribution in [0.5, 0.6) is 0 Å². The van der Waals surface area contributed by atoms with E-state index in [1.165, 1.54) is 45.4 Å². The summed E-state index contributed by atoms with van der Waals surface area (Å²) in [7, 11) is 0. The minimum Gasteiger partial charge on any atom is -0.321 e. The van der Waals surface area contributed by atoms with Crippen LogP contribution in [0.1, 0.15) is 37.4 Å². The molecule has 2 amide bonds. The fraction of sp³-hybridized carbons (Fsp3) is 0.0571. The molecule has 0 spiro atoms. The van der Waals surface area contributed by atoms with Gasteiger partial charge in [0.2, 0.25) is 0 Å². The zero-order valence-electron chi connectivity index (χ0n) is 22.5. The lowest BCUT2D eigenvalue weighted by Gasteiger charge is -2.12. The van der Waals surface area contributed by atoms with Gasteiger partial charge in [0.15, 0.2) is 5.78 Å². The molecule has 6 rings (SSSR count). The highest BCUT2D eigenvalue weighted by atomic mass is 32.2. The number of hydrogen-bond donors (Lipinski definition) is 2. The van der Waals surface area contributed by atoms with E-state index in [0.717, 1.165) is 16.9 Å². The smallest absolute Gasteiger partial charge is 0.272 e. The Bertz CT molecular complexity index is 1810. The number of hydrogen-bond acceptors (Lipinski definition) is 5. The summed E-state index contributed by atoms with van der Waals surface area (Å²) in [5, 5.41) is 9.45. The van der Waals surface area contributed by atoms with Crippen molar-refractivity contribution in [2.24, 2.45) is 0 Å². The number of thiophene rings is 1. The van der Waals surface area contributed by atoms with Gasteiger partial charge in [-0.05, 0) is 93.5 Å². The highest BCUT2D eigenvalue weighted by Gasteiger charge is 2.20. The Kier molecular flexibility index (Phi) is 8.12. The van der Waals surface area contributed by atoms with Gasteiger partial charge in [0.1, 0.15) is 5.70 Å². The Morgan fingerprint density at radius 2 is 1.60 bits per heavy atom. The fourth-order valence-corrected chi connectivity index (χ4v) is 6.35. The van der Waals surface area contributed by atoms with E-state index < -0.39 is 5.91 Å². The van der Waals surface area contributed by atoms with Gasteiger partial charge in [0.05, 0.1) is 5.75 Å². The van der Waals surface area contributed by atoms with Crippen molar-refractivity contribution in [2.75, 3.05) is 11.1 Å². The van der Waals surface area contributed by atoms with Crippen LogP contribution in [0, 0.1) is 0 Å². The van der Waals surface area contributed by atoms with Crippen molar-refractivity contribution >= 4 is 52.5 Å². The van der Waals surface area contributed by atoms with E-state index in [9.17, 15) is 14.4 Å². The van der Waals surface area contributed by atoms with E-state index >= 15 is 0 Å². The number of anilines is 1. The van der Waals surface area contributed by atoms with Crippen LogP contribution in [0.2, 0.25) is 0 Å². The molecule has 0 aliphatic heterocycles. The summed E-state index contributed by atoms with van der Waals surface area (Å²) < 4.78 is 0. The van der Waals surface area contributed by atoms with E-state index in [4.69, 9.17) is 0 Å². The molecule has 0 fully saturated rings. The van der Waals surface area contributed by atoms with E-state index in [0.29, 0.717) is 16.8 Å². The van der Waals surface area contributed by atoms with E-state index in [1.807, 2.05) is 71.4 Å². The quantitative estimate of drug-likeness (QED) is 0.103. The number of amides is 2. The molecule has 206 valence electrons. The summed E-state index contributed by atoms with van der Waals surface area (Å²) in [5.41, 5.74) is 7.59. The van der Waals surface area contributed by atoms with Crippen LogP contribution < -0.4 is 10.6 Å². The lowest BCUT2D eigenvalue weighted by atomic mass is 10.0. The molecule has 2 N–H and O–H groups in total. The lowest BCUT2D eigenvalue weighted by Crippen LogP contribution is -2.30. The first-order valence-corrected chi connectivity index (χ1v) is 15.4. The number of carbonyl (C=O) groups is 3. The summed E-state index contributed by atoms with van der Waals surface area (Å²) in [6.07, 6.45) is 2.50. The second-order valence-electron chi connectivity index (χ2n) is 9.83. The molecule has 0 radical (unpaired) electrons. The monoisotopic (exact) mass is 586 g/mol. The number of Topliss-reactive ketones (excluding diaryl/α,β-unsaturated/α-hetero) is 1. The van der Waals surface area contributed by atoms with Crippen LogP contribution >= 0.6 is 23.1 Å². The number of thioether (sulfide) groups is 1. The number of ketones is 1. The predicted octanol–water partition coefficient (Wildman–Crippen LogP) is 7.70. The summed E-state index contributed by atoms with van der Waals surface area (Å²) in [5.74, 6) is -0.481. The zero-order valence-corrected chi connectivity index (χ0v) is 24.1. The van der Waals surface area contributed by atoms with E-state index in [-0.39, 0.29) is 23.1 Å². The van der Waals surface area contributed by atoms with Crippen LogP contribution in [0.15, 0.2) is 124 Å². The van der Waals surface area contributed by atoms with Crippen LogP contribution in [0.3, 0.4) is 0 Å². The van der Waals surface area contributed by atoms with Gasteiger partial charge in [-0.2, -0.15) is 11.3 Å². The largest absolute Gasteiger partial charge is 0.321 e. The number of benzene rings is 4. The average molecular weight is 587 g/mol. The Morgan fingerprint density at radius 3 is 2.43 bits per heavy atom. The first-order valence-electron chi connectivity index (χ1n) is 13.4. The molecule has 7 heteroatoms. The van der Waals surface area contributed by atoms with Crippen molar-refractivity contribution in [3.05, 3.63) is 147 Å². The lowest BCUT2D eigenvalue weighted by molar-refractivity contribution is -0.113. The molecule has 4 aromatic carbocycles. The second-order valence-corrected chi connectivity index (χ2v) is 11.7. The molecule has 1 heterocycles. The molecular weight excluding hydrogens is 561 g/mol. The van der Waals surface area contributed by atoms with Crippen LogP contribution in [-0.4, -0.2) is 23.4 Å². The molecule has 1 aromatic heterocycles. The van der Waals surface area contributed by atoms with Gasteiger partial charge in [0, 0.05) is 21.7 Å². The van der Waals surface area contributed by atoms with Crippen molar-refractivity contribution in [1.82, 2.24) is 5.32 Å². The van der Waals surface area contributed by atoms with Crippen molar-refractivity contribution in [1.29, 1.82) is 0 Å². The first-order chi connectivity index (χ1) is 20.5. The minimum absolute atomic E-state index is 0.0535. The molecule has 0 saturated heterocycles. The Labute approximate surface area is 252 Å². The van der Waals surface area contributed by atoms with Gasteiger partial charge in [0.25, 0.3) is 11.8 Å². The van der Waals surface area contributed by atoms with Gasteiger partial charge in [-0.1, -0.05) is 60.7 Å². The van der Waals surface area contributed by atoms with E-state index in [2.05, 4.69) is 22.8 Å². The molecule has 5 nitrogen and oxygen atoms in total. The van der Waals surface area contributed by atoms with Gasteiger partial charge in [-0.3, -0.25) is 14.4 Å². The number of fused-ring (bicyclic) bond motifs is 3. The van der Waals surface area contributed by atoms with Crippen molar-refractivity contribution in [3.8, 4) is 11.1 Å². The summed E-state index contributed by atoms with van der Waals surface area (Å²) in [6, 6.07) is 32.3. The Morgan fingerprint density at radius 1 is 0.786 bits per heavy atom. The normalized spacial score (nSPS) is 11.9. The number of nitrogens with one attached hydrogen (secondary N) is 2. The van der Waals surface area contributed by atoms with Crippen LogP contribution in [-0.2, 0) is 11.2 Å². The summed E-state index contributed by atoms with van der Waals surface area (Å²) in [4.78, 5) is 40.0. The highest BCUT2D eigenvalue weighted by molar-refractivity contribution is 8.00. The zero-order chi connectivity index (χ0) is 28.9. The minimum atomic E-state index is -0.442. The number of carbonyl (C=O) groups excluding carboxylic acids is 3. The molecule has 42 heavy (non-hydrogen) atoms. The molecule has 0 bridgehead atoms. The third-order valence-corrected chi connectivity index (χ3v) is 8.66. The first kappa shape index (κ1) is 27.4. The third-order valence-electron chi connectivity index (χ3n) is 6.96. The fourth-order valence-electron chi connectivity index (χ4n) is 4.88. The molecule has 1 aliphatic rings. The van der Waals surface area contributed by atoms with Gasteiger partial charge in [-0.15, -0.1) is 11.8 Å². The number of rotatable bonds is 9. The van der Waals surface area contributed by atoms with Gasteiger partial charge < -0.3 is 10.6 Å². The average Bonchev–Trinajstić information content (AvgIpc) is 3.67. The van der Waals surface area contributed by atoms with Crippen molar-refractivity contribution in [3.63, 3.8) is 0 Å². The maximum Gasteiger partial charge on any atom is 0.272 e. The molecular formula is C35H26N2O3S2. The van der Waals surface area contributed by atoms with Crippen molar-refractivity contribution in [2.45, 2.75) is 11.3 Å². The highest BCUT2D eigenvalue weighted by Crippen LogP contribution is 2.37. The third kappa shape index (κ3) is 6.28. The topological polar surface area (TPSA) is 75.3 Å². The van der Waals surface area contributed by atoms with E-state index in [1.54, 1.807) is 36.4 Å². The SMILES string of the molecule is O=C(Nc1cccc(SCC(=O)c2ccc3c(c2)Cc2ccccc2-3)c1)/C(=C/c1ccsc1)NC(=O)c1ccccc1. The molecule has 0 atom stereocenters. The summed E-state index contributed by atoms with van der Waals surface area (Å²) >= 11 is 2.93. The summed E-state index contributed by atoms with van der Waals surface area (Å²) in [6.45, 7) is 0. The molecule has 0 saturated carbocycles. The standard InChI is InChI=1S/C35H26N2O3S2/c38-33(26-13-14-31-27(19-26)18-25-9-4-5-12-30(25)31)22-42-29-11-6-10-28(20-29)36-35(40)32(17-23-15-16-41-21-23)37-34(39)24-7-2-1-3-8-24/h1-17,19-21H,18,22H2,(H,36,40)(H,37,39)/b32-17-. The Hall–Kier alpha value is -4.72. The van der Waals surface area contributed by atoms with Crippen LogP contribution in [0.25, 0.3) is 17.2 Å². The maximum atomic E-state index is 13.3. The maximum absolute atomic E-state index is 13.3. The van der Waals surface area contributed by atoms with Gasteiger partial charge >= 0.3 is 0 Å². The van der Waals surface area contributed by atoms with Crippen LogP contribution in [0.4, 0.5) is 5.69 Å². The molecule has 1 aliphatic carbocycles. The molecule has 0 unspecified atom stereocenters.